The van der Waals surface area contributed by atoms with Crippen LogP contribution in [-0.2, 0) is 4.79 Å². The first-order valence-electron chi connectivity index (χ1n) is 6.69. The zero-order valence-electron chi connectivity index (χ0n) is 11.7. The van der Waals surface area contributed by atoms with Gasteiger partial charge in [-0.25, -0.2) is 0 Å². The Morgan fingerprint density at radius 2 is 2.25 bits per heavy atom. The fourth-order valence-electron chi connectivity index (χ4n) is 2.20. The Labute approximate surface area is 117 Å². The maximum Gasteiger partial charge on any atom is 0.254 e. The number of carbonyl (C=O) groups excluding carboxylic acids is 2. The fraction of sp³-hybridized carbons (Fsp3) is 0.571. The van der Waals surface area contributed by atoms with Crippen LogP contribution in [0.1, 0.15) is 37.0 Å². The molecule has 0 bridgehead atoms. The molecule has 3 N–H and O–H groups in total. The van der Waals surface area contributed by atoms with Crippen LogP contribution in [0, 0.1) is 5.41 Å². The molecule has 0 saturated heterocycles. The molecule has 110 valence electrons. The van der Waals surface area contributed by atoms with E-state index in [1.54, 1.807) is 6.07 Å². The highest BCUT2D eigenvalue weighted by Gasteiger charge is 2.47. The predicted molar refractivity (Wildman–Crippen MR) is 72.0 cm³/mol. The second-order valence-corrected chi connectivity index (χ2v) is 5.71. The SMILES string of the molecule is CC1(C)C(O)CC1NC(=O)CCNC(=O)c1ccoc1. The molecule has 0 radical (unpaired) electrons. The first-order chi connectivity index (χ1) is 9.41. The van der Waals surface area contributed by atoms with Crippen molar-refractivity contribution in [3.63, 3.8) is 0 Å². The molecule has 0 aliphatic heterocycles. The van der Waals surface area contributed by atoms with Gasteiger partial charge in [-0.15, -0.1) is 0 Å². The normalized spacial score (nSPS) is 23.8. The van der Waals surface area contributed by atoms with Crippen molar-refractivity contribution < 1.29 is 19.1 Å². The molecule has 6 heteroatoms. The minimum absolute atomic E-state index is 0.00502. The average molecular weight is 280 g/mol. The lowest BCUT2D eigenvalue weighted by molar-refractivity contribution is -0.129. The van der Waals surface area contributed by atoms with Crippen LogP contribution in [0.3, 0.4) is 0 Å². The highest BCUT2D eigenvalue weighted by Crippen LogP contribution is 2.40. The van der Waals surface area contributed by atoms with Crippen LogP contribution >= 0.6 is 0 Å². The van der Waals surface area contributed by atoms with Gasteiger partial charge in [0.15, 0.2) is 0 Å². The number of hydrogen-bond acceptors (Lipinski definition) is 4. The van der Waals surface area contributed by atoms with Crippen molar-refractivity contribution in [2.75, 3.05) is 6.54 Å². The Balaban J connectivity index is 1.67. The van der Waals surface area contributed by atoms with E-state index >= 15 is 0 Å². The van der Waals surface area contributed by atoms with Gasteiger partial charge in [0.05, 0.1) is 17.9 Å². The lowest BCUT2D eigenvalue weighted by Gasteiger charge is -2.49. The standard InChI is InChI=1S/C14H20N2O4/c1-14(2)10(7-11(14)17)16-12(18)3-5-15-13(19)9-4-6-20-8-9/h4,6,8,10-11,17H,3,5,7H2,1-2H3,(H,15,19)(H,16,18). The van der Waals surface area contributed by atoms with Crippen molar-refractivity contribution in [1.82, 2.24) is 10.6 Å². The molecule has 1 aromatic heterocycles. The molecule has 1 aliphatic carbocycles. The Morgan fingerprint density at radius 1 is 1.50 bits per heavy atom. The Kier molecular flexibility index (Phi) is 4.13. The van der Waals surface area contributed by atoms with Crippen LogP contribution in [0.15, 0.2) is 23.0 Å². The summed E-state index contributed by atoms with van der Waals surface area (Å²) in [5, 5.41) is 15.1. The molecule has 0 aromatic carbocycles. The Hall–Kier alpha value is -1.82. The monoisotopic (exact) mass is 280 g/mol. The summed E-state index contributed by atoms with van der Waals surface area (Å²) >= 11 is 0. The highest BCUT2D eigenvalue weighted by molar-refractivity contribution is 5.94. The molecular formula is C14H20N2O4. The molecule has 1 saturated carbocycles. The number of aliphatic hydroxyl groups excluding tert-OH is 1. The van der Waals surface area contributed by atoms with Gasteiger partial charge in [0.2, 0.25) is 5.91 Å². The van der Waals surface area contributed by atoms with E-state index in [2.05, 4.69) is 10.6 Å². The molecule has 2 amide bonds. The second kappa shape index (κ2) is 5.66. The molecular weight excluding hydrogens is 260 g/mol. The highest BCUT2D eigenvalue weighted by atomic mass is 16.3. The third-order valence-corrected chi connectivity index (χ3v) is 3.97. The number of nitrogens with one attached hydrogen (secondary N) is 2. The Morgan fingerprint density at radius 3 is 2.80 bits per heavy atom. The molecule has 0 spiro atoms. The van der Waals surface area contributed by atoms with Crippen LogP contribution in [-0.4, -0.2) is 35.6 Å². The van der Waals surface area contributed by atoms with Gasteiger partial charge in [0.1, 0.15) is 6.26 Å². The lowest BCUT2D eigenvalue weighted by Crippen LogP contribution is -2.61. The molecule has 2 unspecified atom stereocenters. The van der Waals surface area contributed by atoms with Crippen molar-refractivity contribution in [3.8, 4) is 0 Å². The van der Waals surface area contributed by atoms with Crippen LogP contribution in [0.4, 0.5) is 0 Å². The maximum atomic E-state index is 11.7. The molecule has 1 aromatic rings. The summed E-state index contributed by atoms with van der Waals surface area (Å²) in [4.78, 5) is 23.3. The minimum Gasteiger partial charge on any atom is -0.472 e. The van der Waals surface area contributed by atoms with Crippen molar-refractivity contribution in [2.24, 2.45) is 5.41 Å². The van der Waals surface area contributed by atoms with E-state index in [4.69, 9.17) is 4.42 Å². The fourth-order valence-corrected chi connectivity index (χ4v) is 2.20. The zero-order chi connectivity index (χ0) is 14.8. The summed E-state index contributed by atoms with van der Waals surface area (Å²) in [5.74, 6) is -0.381. The van der Waals surface area contributed by atoms with Crippen LogP contribution in [0.25, 0.3) is 0 Å². The van der Waals surface area contributed by atoms with Crippen molar-refractivity contribution in [3.05, 3.63) is 24.2 Å². The quantitative estimate of drug-likeness (QED) is 0.739. The third kappa shape index (κ3) is 3.01. The summed E-state index contributed by atoms with van der Waals surface area (Å²) in [7, 11) is 0. The second-order valence-electron chi connectivity index (χ2n) is 5.71. The molecule has 20 heavy (non-hydrogen) atoms. The maximum absolute atomic E-state index is 11.7. The van der Waals surface area contributed by atoms with Crippen molar-refractivity contribution in [1.29, 1.82) is 0 Å². The number of carbonyl (C=O) groups is 2. The number of hydrogen-bond donors (Lipinski definition) is 3. The van der Waals surface area contributed by atoms with Crippen LogP contribution < -0.4 is 10.6 Å². The van der Waals surface area contributed by atoms with Gasteiger partial charge in [-0.1, -0.05) is 13.8 Å². The summed E-state index contributed by atoms with van der Waals surface area (Å²) in [6.45, 7) is 4.12. The molecule has 1 aliphatic rings. The molecule has 1 fully saturated rings. The third-order valence-electron chi connectivity index (χ3n) is 3.97. The first-order valence-corrected chi connectivity index (χ1v) is 6.69. The van der Waals surface area contributed by atoms with Crippen LogP contribution in [0.5, 0.6) is 0 Å². The van der Waals surface area contributed by atoms with E-state index in [9.17, 15) is 14.7 Å². The summed E-state index contributed by atoms with van der Waals surface area (Å²) in [5.41, 5.74) is 0.157. The van der Waals surface area contributed by atoms with Gasteiger partial charge in [-0.3, -0.25) is 9.59 Å². The van der Waals surface area contributed by atoms with Gasteiger partial charge in [-0.05, 0) is 12.5 Å². The van der Waals surface area contributed by atoms with E-state index in [-0.39, 0.29) is 42.3 Å². The van der Waals surface area contributed by atoms with E-state index in [0.29, 0.717) is 12.0 Å². The topological polar surface area (TPSA) is 91.6 Å². The smallest absolute Gasteiger partial charge is 0.254 e. The van der Waals surface area contributed by atoms with Crippen molar-refractivity contribution in [2.45, 2.75) is 38.8 Å². The minimum atomic E-state index is -0.367. The van der Waals surface area contributed by atoms with Crippen LogP contribution in [0.2, 0.25) is 0 Å². The van der Waals surface area contributed by atoms with E-state index in [0.717, 1.165) is 0 Å². The number of amides is 2. The molecule has 2 atom stereocenters. The van der Waals surface area contributed by atoms with E-state index in [1.807, 2.05) is 13.8 Å². The van der Waals surface area contributed by atoms with Gasteiger partial charge in [-0.2, -0.15) is 0 Å². The molecule has 2 rings (SSSR count). The lowest BCUT2D eigenvalue weighted by atomic mass is 9.64. The van der Waals surface area contributed by atoms with E-state index in [1.165, 1.54) is 12.5 Å². The predicted octanol–water partition coefficient (Wildman–Crippen LogP) is 0.675. The largest absolute Gasteiger partial charge is 0.472 e. The van der Waals surface area contributed by atoms with Gasteiger partial charge in [0.25, 0.3) is 5.91 Å². The number of rotatable bonds is 5. The first kappa shape index (κ1) is 14.6. The van der Waals surface area contributed by atoms with E-state index < -0.39 is 0 Å². The summed E-state index contributed by atoms with van der Waals surface area (Å²) in [6.07, 6.45) is 3.21. The molecule has 1 heterocycles. The Bertz CT molecular complexity index is 481. The number of furan rings is 1. The summed E-state index contributed by atoms with van der Waals surface area (Å²) < 4.78 is 4.81. The van der Waals surface area contributed by atoms with Gasteiger partial charge >= 0.3 is 0 Å². The van der Waals surface area contributed by atoms with Gasteiger partial charge in [0, 0.05) is 24.4 Å². The zero-order valence-corrected chi connectivity index (χ0v) is 11.7. The molecule has 6 nitrogen and oxygen atoms in total. The average Bonchev–Trinajstić information content (AvgIpc) is 2.92. The summed E-state index contributed by atoms with van der Waals surface area (Å²) in [6, 6.07) is 1.56. The van der Waals surface area contributed by atoms with Gasteiger partial charge < -0.3 is 20.2 Å². The number of aliphatic hydroxyl groups is 1. The van der Waals surface area contributed by atoms with Crippen molar-refractivity contribution >= 4 is 11.8 Å².